The molecule has 0 spiro atoms. The van der Waals surface area contributed by atoms with Crippen molar-refractivity contribution in [2.75, 3.05) is 0 Å². The third-order valence-corrected chi connectivity index (χ3v) is 1.69. The minimum absolute atomic E-state index is 0.0213. The van der Waals surface area contributed by atoms with Crippen LogP contribution in [0.25, 0.3) is 0 Å². The highest BCUT2D eigenvalue weighted by atomic mass is 15.0. The van der Waals surface area contributed by atoms with Gasteiger partial charge >= 0.3 is 0 Å². The first-order valence-corrected chi connectivity index (χ1v) is 4.47. The Morgan fingerprint density at radius 2 is 2.46 bits per heavy atom. The van der Waals surface area contributed by atoms with Crippen LogP contribution >= 0.6 is 0 Å². The second-order valence-electron chi connectivity index (χ2n) is 3.09. The van der Waals surface area contributed by atoms with Gasteiger partial charge < -0.3 is 10.3 Å². The largest absolute Gasteiger partial charge is 0.339 e. The van der Waals surface area contributed by atoms with Gasteiger partial charge in [-0.1, -0.05) is 19.3 Å². The molecule has 0 amide bonds. The van der Waals surface area contributed by atoms with Gasteiger partial charge in [0.2, 0.25) is 0 Å². The lowest BCUT2D eigenvalue weighted by Crippen LogP contribution is -2.16. The van der Waals surface area contributed by atoms with Crippen molar-refractivity contribution >= 4 is 0 Å². The molecule has 1 rings (SSSR count). The molecular formula is C10H15N3. The van der Waals surface area contributed by atoms with Crippen molar-refractivity contribution in [1.82, 2.24) is 9.55 Å². The van der Waals surface area contributed by atoms with Gasteiger partial charge in [-0.05, 0) is 12.3 Å². The highest BCUT2D eigenvalue weighted by Crippen LogP contribution is 1.93. The lowest BCUT2D eigenvalue weighted by atomic mass is 10.2. The fourth-order valence-corrected chi connectivity index (χ4v) is 1.03. The quantitative estimate of drug-likeness (QED) is 0.682. The van der Waals surface area contributed by atoms with Gasteiger partial charge in [-0.15, -0.1) is 0 Å². The third kappa shape index (κ3) is 3.30. The van der Waals surface area contributed by atoms with Crippen LogP contribution in [0.1, 0.15) is 25.5 Å². The molecule has 1 unspecified atom stereocenters. The van der Waals surface area contributed by atoms with Crippen molar-refractivity contribution in [2.45, 2.75) is 25.8 Å². The van der Waals surface area contributed by atoms with Crippen LogP contribution in [0, 0.1) is 11.8 Å². The Balaban J connectivity index is 2.56. The Morgan fingerprint density at radius 1 is 1.69 bits per heavy atom. The van der Waals surface area contributed by atoms with E-state index in [0.717, 1.165) is 18.5 Å². The van der Waals surface area contributed by atoms with Crippen LogP contribution in [0.15, 0.2) is 12.5 Å². The molecule has 0 aromatic carbocycles. The first-order chi connectivity index (χ1) is 6.22. The highest BCUT2D eigenvalue weighted by molar-refractivity contribution is 5.26. The van der Waals surface area contributed by atoms with Crippen LogP contribution in [-0.4, -0.2) is 15.6 Å². The van der Waals surface area contributed by atoms with E-state index >= 15 is 0 Å². The molecular weight excluding hydrogens is 162 g/mol. The minimum Gasteiger partial charge on any atom is -0.339 e. The van der Waals surface area contributed by atoms with Crippen LogP contribution in [0.4, 0.5) is 0 Å². The third-order valence-electron chi connectivity index (χ3n) is 1.69. The zero-order valence-electron chi connectivity index (χ0n) is 8.12. The van der Waals surface area contributed by atoms with E-state index in [2.05, 4.69) is 23.7 Å². The van der Waals surface area contributed by atoms with Gasteiger partial charge in [-0.2, -0.15) is 0 Å². The van der Waals surface area contributed by atoms with Crippen LogP contribution in [-0.2, 0) is 7.05 Å². The molecule has 0 saturated heterocycles. The first-order valence-electron chi connectivity index (χ1n) is 4.47. The number of imidazole rings is 1. The number of nitrogens with two attached hydrogens (primary N) is 1. The van der Waals surface area contributed by atoms with Crippen LogP contribution < -0.4 is 5.73 Å². The van der Waals surface area contributed by atoms with E-state index in [4.69, 9.17) is 5.73 Å². The van der Waals surface area contributed by atoms with E-state index in [-0.39, 0.29) is 6.04 Å². The molecule has 1 heterocycles. The predicted molar refractivity (Wildman–Crippen MR) is 53.0 cm³/mol. The number of aryl methyl sites for hydroxylation is 1. The Bertz CT molecular complexity index is 316. The summed E-state index contributed by atoms with van der Waals surface area (Å²) < 4.78 is 1.87. The van der Waals surface area contributed by atoms with Crippen molar-refractivity contribution in [3.63, 3.8) is 0 Å². The Kier molecular flexibility index (Phi) is 3.53. The molecule has 0 aliphatic heterocycles. The maximum Gasteiger partial charge on any atom is 0.131 e. The molecule has 1 aromatic rings. The molecule has 1 aromatic heterocycles. The van der Waals surface area contributed by atoms with E-state index in [9.17, 15) is 0 Å². The van der Waals surface area contributed by atoms with Crippen molar-refractivity contribution in [3.8, 4) is 11.8 Å². The van der Waals surface area contributed by atoms with Crippen molar-refractivity contribution < 1.29 is 0 Å². The Morgan fingerprint density at radius 3 is 3.00 bits per heavy atom. The van der Waals surface area contributed by atoms with Gasteiger partial charge in [0.05, 0.1) is 12.4 Å². The summed E-state index contributed by atoms with van der Waals surface area (Å²) in [6.07, 6.45) is 5.62. The van der Waals surface area contributed by atoms with E-state index in [1.807, 2.05) is 17.8 Å². The lowest BCUT2D eigenvalue weighted by molar-refractivity contribution is 0.720. The summed E-state index contributed by atoms with van der Waals surface area (Å²) in [5.74, 6) is 5.91. The van der Waals surface area contributed by atoms with E-state index in [1.165, 1.54) is 0 Å². The van der Waals surface area contributed by atoms with Gasteiger partial charge in [0, 0.05) is 13.2 Å². The van der Waals surface area contributed by atoms with Gasteiger partial charge in [-0.3, -0.25) is 0 Å². The zero-order valence-corrected chi connectivity index (χ0v) is 8.12. The topological polar surface area (TPSA) is 43.8 Å². The second kappa shape index (κ2) is 4.68. The molecule has 3 nitrogen and oxygen atoms in total. The molecule has 3 heteroatoms. The average molecular weight is 177 g/mol. The zero-order chi connectivity index (χ0) is 9.68. The monoisotopic (exact) mass is 177 g/mol. The fraction of sp³-hybridized carbons (Fsp3) is 0.500. The number of hydrogen-bond acceptors (Lipinski definition) is 2. The summed E-state index contributed by atoms with van der Waals surface area (Å²) in [7, 11) is 1.92. The van der Waals surface area contributed by atoms with Crippen LogP contribution in [0.3, 0.4) is 0 Å². The smallest absolute Gasteiger partial charge is 0.131 e. The first kappa shape index (κ1) is 9.82. The Labute approximate surface area is 79.0 Å². The summed E-state index contributed by atoms with van der Waals surface area (Å²) in [5, 5.41) is 0. The van der Waals surface area contributed by atoms with Gasteiger partial charge in [0.15, 0.2) is 0 Å². The molecule has 1 atom stereocenters. The molecule has 70 valence electrons. The highest BCUT2D eigenvalue weighted by Gasteiger charge is 1.94. The maximum atomic E-state index is 5.73. The summed E-state index contributed by atoms with van der Waals surface area (Å²) in [4.78, 5) is 4.08. The fourth-order valence-electron chi connectivity index (χ4n) is 1.03. The summed E-state index contributed by atoms with van der Waals surface area (Å²) in [6, 6.07) is -0.0213. The maximum absolute atomic E-state index is 5.73. The summed E-state index contributed by atoms with van der Waals surface area (Å²) in [5.41, 5.74) is 6.52. The molecule has 0 fully saturated rings. The average Bonchev–Trinajstić information content (AvgIpc) is 2.49. The van der Waals surface area contributed by atoms with Crippen LogP contribution in [0.5, 0.6) is 0 Å². The SMILES string of the molecule is CCCC(N)C#Cc1cn(C)cn1. The molecule has 0 aliphatic carbocycles. The van der Waals surface area contributed by atoms with E-state index < -0.39 is 0 Å². The molecule has 13 heavy (non-hydrogen) atoms. The molecule has 0 saturated carbocycles. The number of rotatable bonds is 2. The van der Waals surface area contributed by atoms with E-state index in [1.54, 1.807) is 6.33 Å². The molecule has 0 aliphatic rings. The summed E-state index contributed by atoms with van der Waals surface area (Å²) in [6.45, 7) is 2.10. The van der Waals surface area contributed by atoms with Crippen molar-refractivity contribution in [3.05, 3.63) is 18.2 Å². The number of aromatic nitrogens is 2. The second-order valence-corrected chi connectivity index (χ2v) is 3.09. The standard InChI is InChI=1S/C10H15N3/c1-3-4-9(11)5-6-10-7-13(2)8-12-10/h7-9H,3-4,11H2,1-2H3. The predicted octanol–water partition coefficient (Wildman–Crippen LogP) is 0.899. The lowest BCUT2D eigenvalue weighted by Gasteiger charge is -1.97. The van der Waals surface area contributed by atoms with Gasteiger partial charge in [-0.25, -0.2) is 4.98 Å². The Hall–Kier alpha value is -1.27. The van der Waals surface area contributed by atoms with Crippen molar-refractivity contribution in [2.24, 2.45) is 12.8 Å². The van der Waals surface area contributed by atoms with Gasteiger partial charge in [0.1, 0.15) is 5.69 Å². The van der Waals surface area contributed by atoms with E-state index in [0.29, 0.717) is 0 Å². The normalized spacial score (nSPS) is 11.9. The molecule has 2 N–H and O–H groups in total. The van der Waals surface area contributed by atoms with Gasteiger partial charge in [0.25, 0.3) is 0 Å². The minimum atomic E-state index is -0.0213. The number of nitrogens with zero attached hydrogens (tertiary/aromatic N) is 2. The molecule has 0 radical (unpaired) electrons. The molecule has 0 bridgehead atoms. The number of hydrogen-bond donors (Lipinski definition) is 1. The van der Waals surface area contributed by atoms with Crippen LogP contribution in [0.2, 0.25) is 0 Å². The van der Waals surface area contributed by atoms with Crippen molar-refractivity contribution in [1.29, 1.82) is 0 Å². The summed E-state index contributed by atoms with van der Waals surface area (Å²) >= 11 is 0.